The molecule has 1 aromatic heterocycles. The van der Waals surface area contributed by atoms with Gasteiger partial charge in [-0.3, -0.25) is 5.84 Å². The summed E-state index contributed by atoms with van der Waals surface area (Å²) >= 11 is 0. The van der Waals surface area contributed by atoms with Crippen LogP contribution in [0.3, 0.4) is 0 Å². The highest BCUT2D eigenvalue weighted by molar-refractivity contribution is 5.31. The van der Waals surface area contributed by atoms with Crippen molar-refractivity contribution in [2.45, 2.75) is 46.2 Å². The van der Waals surface area contributed by atoms with Crippen LogP contribution in [0, 0.1) is 13.8 Å². The minimum absolute atomic E-state index is 0.0389. The number of aryl methyl sites for hydroxylation is 3. The standard InChI is InChI=1S/C16H24N4/c1-4-8-20-9-7-18-16(20)15(19-17)11-14-10-12(2)5-6-13(14)3/h5-7,9-10,15,19H,4,8,11,17H2,1-3H3. The van der Waals surface area contributed by atoms with Gasteiger partial charge in [-0.1, -0.05) is 30.7 Å². The monoisotopic (exact) mass is 272 g/mol. The Morgan fingerprint density at radius 1 is 1.35 bits per heavy atom. The van der Waals surface area contributed by atoms with Gasteiger partial charge < -0.3 is 4.57 Å². The molecular formula is C16H24N4. The van der Waals surface area contributed by atoms with Crippen molar-refractivity contribution in [1.29, 1.82) is 0 Å². The van der Waals surface area contributed by atoms with Crippen LogP contribution < -0.4 is 11.3 Å². The van der Waals surface area contributed by atoms with Gasteiger partial charge in [-0.2, -0.15) is 0 Å². The number of hydrogen-bond acceptors (Lipinski definition) is 3. The molecule has 0 saturated carbocycles. The zero-order chi connectivity index (χ0) is 14.5. The number of hydrogen-bond donors (Lipinski definition) is 2. The van der Waals surface area contributed by atoms with Crippen LogP contribution in [0.2, 0.25) is 0 Å². The zero-order valence-corrected chi connectivity index (χ0v) is 12.6. The van der Waals surface area contributed by atoms with Crippen LogP contribution in [0.15, 0.2) is 30.6 Å². The predicted octanol–water partition coefficient (Wildman–Crippen LogP) is 2.66. The second-order valence-corrected chi connectivity index (χ2v) is 5.33. The van der Waals surface area contributed by atoms with Gasteiger partial charge in [0, 0.05) is 18.9 Å². The lowest BCUT2D eigenvalue weighted by atomic mass is 9.99. The lowest BCUT2D eigenvalue weighted by Gasteiger charge is -2.18. The van der Waals surface area contributed by atoms with E-state index in [1.165, 1.54) is 16.7 Å². The van der Waals surface area contributed by atoms with Crippen molar-refractivity contribution in [1.82, 2.24) is 15.0 Å². The molecule has 1 atom stereocenters. The van der Waals surface area contributed by atoms with Gasteiger partial charge in [0.1, 0.15) is 5.82 Å². The van der Waals surface area contributed by atoms with Crippen molar-refractivity contribution in [3.8, 4) is 0 Å². The highest BCUT2D eigenvalue weighted by Crippen LogP contribution is 2.20. The molecule has 0 amide bonds. The molecule has 2 rings (SSSR count). The summed E-state index contributed by atoms with van der Waals surface area (Å²) in [5.41, 5.74) is 6.81. The van der Waals surface area contributed by atoms with Crippen LogP contribution >= 0.6 is 0 Å². The maximum Gasteiger partial charge on any atom is 0.127 e. The molecule has 0 aliphatic rings. The van der Waals surface area contributed by atoms with Gasteiger partial charge in [-0.15, -0.1) is 0 Å². The average Bonchev–Trinajstić information content (AvgIpc) is 2.88. The number of nitrogens with zero attached hydrogens (tertiary/aromatic N) is 2. The first-order valence-corrected chi connectivity index (χ1v) is 7.19. The molecule has 4 heteroatoms. The molecule has 0 spiro atoms. The predicted molar refractivity (Wildman–Crippen MR) is 82.2 cm³/mol. The molecule has 0 radical (unpaired) electrons. The molecule has 108 valence electrons. The summed E-state index contributed by atoms with van der Waals surface area (Å²) in [6, 6.07) is 6.57. The Morgan fingerprint density at radius 2 is 2.15 bits per heavy atom. The van der Waals surface area contributed by atoms with E-state index in [9.17, 15) is 0 Å². The SMILES string of the molecule is CCCn1ccnc1C(Cc1cc(C)ccc1C)NN. The van der Waals surface area contributed by atoms with Crippen molar-refractivity contribution < 1.29 is 0 Å². The molecule has 0 bridgehead atoms. The molecule has 2 aromatic rings. The first-order chi connectivity index (χ1) is 9.65. The number of benzene rings is 1. The van der Waals surface area contributed by atoms with E-state index >= 15 is 0 Å². The van der Waals surface area contributed by atoms with E-state index in [1.807, 2.05) is 12.4 Å². The molecule has 4 nitrogen and oxygen atoms in total. The Hall–Kier alpha value is -1.65. The molecule has 3 N–H and O–H groups in total. The van der Waals surface area contributed by atoms with Crippen LogP contribution in [-0.2, 0) is 13.0 Å². The Balaban J connectivity index is 2.24. The fraction of sp³-hybridized carbons (Fsp3) is 0.438. The quantitative estimate of drug-likeness (QED) is 0.628. The van der Waals surface area contributed by atoms with Gasteiger partial charge in [-0.05, 0) is 37.8 Å². The molecule has 0 fully saturated rings. The van der Waals surface area contributed by atoms with E-state index in [2.05, 4.69) is 53.9 Å². The number of nitrogens with two attached hydrogens (primary N) is 1. The van der Waals surface area contributed by atoms with E-state index in [-0.39, 0.29) is 6.04 Å². The molecule has 1 aromatic carbocycles. The van der Waals surface area contributed by atoms with E-state index in [0.29, 0.717) is 0 Å². The summed E-state index contributed by atoms with van der Waals surface area (Å²) in [5, 5.41) is 0. The number of hydrazine groups is 1. The minimum atomic E-state index is 0.0389. The van der Waals surface area contributed by atoms with Crippen molar-refractivity contribution in [3.63, 3.8) is 0 Å². The first kappa shape index (κ1) is 14.8. The van der Waals surface area contributed by atoms with Gasteiger partial charge in [0.25, 0.3) is 0 Å². The lowest BCUT2D eigenvalue weighted by Crippen LogP contribution is -2.32. The molecule has 0 aliphatic carbocycles. The fourth-order valence-electron chi connectivity index (χ4n) is 2.53. The molecular weight excluding hydrogens is 248 g/mol. The van der Waals surface area contributed by atoms with Crippen LogP contribution in [0.5, 0.6) is 0 Å². The van der Waals surface area contributed by atoms with E-state index < -0.39 is 0 Å². The molecule has 1 heterocycles. The summed E-state index contributed by atoms with van der Waals surface area (Å²) < 4.78 is 2.18. The van der Waals surface area contributed by atoms with Gasteiger partial charge in [0.2, 0.25) is 0 Å². The summed E-state index contributed by atoms with van der Waals surface area (Å²) in [5.74, 6) is 6.77. The number of rotatable bonds is 6. The average molecular weight is 272 g/mol. The largest absolute Gasteiger partial charge is 0.334 e. The number of imidazole rings is 1. The van der Waals surface area contributed by atoms with Gasteiger partial charge in [0.05, 0.1) is 6.04 Å². The topological polar surface area (TPSA) is 55.9 Å². The highest BCUT2D eigenvalue weighted by atomic mass is 15.3. The molecule has 0 aliphatic heterocycles. The minimum Gasteiger partial charge on any atom is -0.334 e. The second-order valence-electron chi connectivity index (χ2n) is 5.33. The van der Waals surface area contributed by atoms with E-state index in [0.717, 1.165) is 25.2 Å². The third-order valence-electron chi connectivity index (χ3n) is 3.65. The summed E-state index contributed by atoms with van der Waals surface area (Å²) in [4.78, 5) is 4.47. The number of aromatic nitrogens is 2. The van der Waals surface area contributed by atoms with Crippen molar-refractivity contribution >= 4 is 0 Å². The van der Waals surface area contributed by atoms with E-state index in [4.69, 9.17) is 5.84 Å². The second kappa shape index (κ2) is 6.68. The molecule has 0 saturated heterocycles. The smallest absolute Gasteiger partial charge is 0.127 e. The Kier molecular flexibility index (Phi) is 4.93. The summed E-state index contributed by atoms with van der Waals surface area (Å²) in [6.45, 7) is 7.40. The number of nitrogens with one attached hydrogen (secondary N) is 1. The third kappa shape index (κ3) is 3.26. The zero-order valence-electron chi connectivity index (χ0n) is 12.6. The lowest BCUT2D eigenvalue weighted by molar-refractivity contribution is 0.487. The molecule has 20 heavy (non-hydrogen) atoms. The van der Waals surface area contributed by atoms with Crippen molar-refractivity contribution in [3.05, 3.63) is 53.1 Å². The van der Waals surface area contributed by atoms with Crippen LogP contribution in [0.25, 0.3) is 0 Å². The Bertz CT molecular complexity index is 559. The Labute approximate surface area is 121 Å². The third-order valence-corrected chi connectivity index (χ3v) is 3.65. The van der Waals surface area contributed by atoms with Crippen LogP contribution in [0.4, 0.5) is 0 Å². The van der Waals surface area contributed by atoms with Gasteiger partial charge in [-0.25, -0.2) is 10.4 Å². The maximum absolute atomic E-state index is 5.76. The normalized spacial score (nSPS) is 12.6. The van der Waals surface area contributed by atoms with Gasteiger partial charge >= 0.3 is 0 Å². The Morgan fingerprint density at radius 3 is 2.85 bits per heavy atom. The fourth-order valence-corrected chi connectivity index (χ4v) is 2.53. The highest BCUT2D eigenvalue weighted by Gasteiger charge is 2.17. The summed E-state index contributed by atoms with van der Waals surface area (Å²) in [6.07, 6.45) is 5.81. The van der Waals surface area contributed by atoms with Crippen LogP contribution in [-0.4, -0.2) is 9.55 Å². The molecule has 1 unspecified atom stereocenters. The van der Waals surface area contributed by atoms with Crippen molar-refractivity contribution in [2.75, 3.05) is 0 Å². The summed E-state index contributed by atoms with van der Waals surface area (Å²) in [7, 11) is 0. The first-order valence-electron chi connectivity index (χ1n) is 7.19. The van der Waals surface area contributed by atoms with Crippen molar-refractivity contribution in [2.24, 2.45) is 5.84 Å². The van der Waals surface area contributed by atoms with E-state index in [1.54, 1.807) is 0 Å². The van der Waals surface area contributed by atoms with Crippen LogP contribution in [0.1, 0.15) is 41.9 Å². The van der Waals surface area contributed by atoms with Gasteiger partial charge in [0.15, 0.2) is 0 Å². The maximum atomic E-state index is 5.76.